The van der Waals surface area contributed by atoms with Crippen LogP contribution in [0, 0.1) is 0 Å². The molecule has 0 heterocycles. The maximum atomic E-state index is 0. The maximum Gasteiger partial charge on any atom is 4.00 e. The molecule has 0 aromatic rings. The van der Waals surface area contributed by atoms with E-state index in [-0.39, 0.29) is 80.0 Å². The van der Waals surface area contributed by atoms with Gasteiger partial charge in [0.15, 0.2) is 0 Å². The standard InChI is InChI=1S/Ca.Hf.3O/q+2;+4;3*-2. The van der Waals surface area contributed by atoms with Crippen LogP contribution >= 0.6 is 0 Å². The minimum absolute atomic E-state index is 0. The molecule has 0 N–H and O–H groups in total. The van der Waals surface area contributed by atoms with E-state index in [1.165, 1.54) is 0 Å². The fraction of sp³-hybridized carbons (Fsp3) is 0. The Bertz CT molecular complexity index is 6.85. The molecular weight excluding hydrogens is 267 g/mol. The van der Waals surface area contributed by atoms with Crippen molar-refractivity contribution in [2.45, 2.75) is 0 Å². The monoisotopic (exact) mass is 268 g/mol. The third-order valence-electron chi connectivity index (χ3n) is 0. The van der Waals surface area contributed by atoms with E-state index in [9.17, 15) is 0 Å². The topological polar surface area (TPSA) is 85.5 Å². The van der Waals surface area contributed by atoms with Gasteiger partial charge in [-0.3, -0.25) is 0 Å². The SMILES string of the molecule is [Ca+2].[Hf+4].[O-2].[O-2].[O-2]. The molecule has 0 fully saturated rings. The van der Waals surface area contributed by atoms with Crippen LogP contribution in [-0.2, 0) is 42.3 Å². The molecule has 0 aromatic heterocycles. The molecule has 24 valence electrons. The fourth-order valence-corrected chi connectivity index (χ4v) is 0. The van der Waals surface area contributed by atoms with Crippen LogP contribution in [0.15, 0.2) is 0 Å². The summed E-state index contributed by atoms with van der Waals surface area (Å²) in [5.74, 6) is 0. The van der Waals surface area contributed by atoms with Gasteiger partial charge >= 0.3 is 63.6 Å². The number of rotatable bonds is 0. The quantitative estimate of drug-likeness (QED) is 0.517. The van der Waals surface area contributed by atoms with Crippen LogP contribution in [-0.4, -0.2) is 37.7 Å². The Labute approximate surface area is 78.8 Å². The normalized spacial score (nSPS) is 0. The first kappa shape index (κ1) is 62.7. The van der Waals surface area contributed by atoms with Crippen molar-refractivity contribution in [1.29, 1.82) is 0 Å². The van der Waals surface area contributed by atoms with Gasteiger partial charge in [0.05, 0.1) is 0 Å². The summed E-state index contributed by atoms with van der Waals surface area (Å²) in [6, 6.07) is 0. The van der Waals surface area contributed by atoms with E-state index in [1.54, 1.807) is 0 Å². The van der Waals surface area contributed by atoms with Crippen molar-refractivity contribution in [2.75, 3.05) is 0 Å². The number of hydrogen-bond donors (Lipinski definition) is 0. The maximum absolute atomic E-state index is 0. The molecule has 0 saturated carbocycles. The number of hydrogen-bond acceptors (Lipinski definition) is 0. The average Bonchev–Trinajstić information content (AvgIpc) is 0. The average molecular weight is 267 g/mol. The van der Waals surface area contributed by atoms with Gasteiger partial charge in [-0.15, -0.1) is 0 Å². The minimum Gasteiger partial charge on any atom is -2.00 e. The Kier molecular flexibility index (Phi) is 468. The van der Waals surface area contributed by atoms with Gasteiger partial charge in [0.25, 0.3) is 0 Å². The Morgan fingerprint density at radius 2 is 0.600 bits per heavy atom. The first-order valence-corrected chi connectivity index (χ1v) is 0. The molecule has 0 aliphatic carbocycles. The van der Waals surface area contributed by atoms with Crippen LogP contribution in [0.5, 0.6) is 0 Å². The largest absolute Gasteiger partial charge is 4.00 e. The molecule has 0 radical (unpaired) electrons. The summed E-state index contributed by atoms with van der Waals surface area (Å²) in [7, 11) is 0. The van der Waals surface area contributed by atoms with Crippen molar-refractivity contribution < 1.29 is 42.3 Å². The van der Waals surface area contributed by atoms with Gasteiger partial charge < -0.3 is 16.4 Å². The van der Waals surface area contributed by atoms with Gasteiger partial charge in [0, 0.05) is 0 Å². The van der Waals surface area contributed by atoms with Crippen molar-refractivity contribution in [3.05, 3.63) is 0 Å². The van der Waals surface area contributed by atoms with Gasteiger partial charge in [-0.05, 0) is 0 Å². The summed E-state index contributed by atoms with van der Waals surface area (Å²) in [6.45, 7) is 0. The molecule has 0 spiro atoms. The summed E-state index contributed by atoms with van der Waals surface area (Å²) in [5, 5.41) is 0. The zero-order valence-corrected chi connectivity index (χ0v) is 8.23. The molecular formula is CaHfO3. The van der Waals surface area contributed by atoms with Gasteiger partial charge in [-0.25, -0.2) is 0 Å². The van der Waals surface area contributed by atoms with Crippen LogP contribution in [0.1, 0.15) is 0 Å². The van der Waals surface area contributed by atoms with Crippen LogP contribution in [0.25, 0.3) is 0 Å². The first-order valence-electron chi connectivity index (χ1n) is 0. The Balaban J connectivity index is 0. The van der Waals surface area contributed by atoms with Gasteiger partial charge in [-0.2, -0.15) is 0 Å². The molecule has 0 aliphatic rings. The molecule has 0 bridgehead atoms. The van der Waals surface area contributed by atoms with E-state index in [0.717, 1.165) is 0 Å². The molecule has 0 atom stereocenters. The van der Waals surface area contributed by atoms with E-state index in [1.807, 2.05) is 0 Å². The van der Waals surface area contributed by atoms with Crippen LogP contribution in [0.2, 0.25) is 0 Å². The molecule has 0 aromatic carbocycles. The molecule has 0 saturated heterocycles. The van der Waals surface area contributed by atoms with Gasteiger partial charge in [0.1, 0.15) is 0 Å². The first-order chi connectivity index (χ1) is 0. The smallest absolute Gasteiger partial charge is 2.00 e. The van der Waals surface area contributed by atoms with E-state index >= 15 is 0 Å². The summed E-state index contributed by atoms with van der Waals surface area (Å²) in [5.41, 5.74) is 0. The third kappa shape index (κ3) is 23.9. The Morgan fingerprint density at radius 3 is 0.600 bits per heavy atom. The molecule has 5 heteroatoms. The molecule has 0 amide bonds. The summed E-state index contributed by atoms with van der Waals surface area (Å²) < 4.78 is 0. The second-order valence-electron chi connectivity index (χ2n) is 0. The predicted octanol–water partition coefficient (Wildman–Crippen LogP) is -0.740. The Hall–Kier alpha value is 2.01. The predicted molar refractivity (Wildman–Crippen MR) is 7.81 cm³/mol. The molecule has 0 rings (SSSR count). The third-order valence-corrected chi connectivity index (χ3v) is 0. The fourth-order valence-electron chi connectivity index (χ4n) is 0. The zero-order valence-electron chi connectivity index (χ0n) is 2.43. The molecule has 0 unspecified atom stereocenters. The van der Waals surface area contributed by atoms with Crippen molar-refractivity contribution in [3.63, 3.8) is 0 Å². The van der Waals surface area contributed by atoms with Crippen LogP contribution in [0.4, 0.5) is 0 Å². The van der Waals surface area contributed by atoms with E-state index in [2.05, 4.69) is 0 Å². The minimum atomic E-state index is 0. The van der Waals surface area contributed by atoms with Crippen molar-refractivity contribution in [3.8, 4) is 0 Å². The Morgan fingerprint density at radius 1 is 0.600 bits per heavy atom. The van der Waals surface area contributed by atoms with Crippen LogP contribution < -0.4 is 0 Å². The van der Waals surface area contributed by atoms with E-state index in [4.69, 9.17) is 0 Å². The van der Waals surface area contributed by atoms with Crippen LogP contribution in [0.3, 0.4) is 0 Å². The summed E-state index contributed by atoms with van der Waals surface area (Å²) >= 11 is 0. The van der Waals surface area contributed by atoms with Crippen molar-refractivity contribution in [2.24, 2.45) is 0 Å². The van der Waals surface area contributed by atoms with E-state index in [0.29, 0.717) is 0 Å². The second kappa shape index (κ2) is 37.3. The van der Waals surface area contributed by atoms with Crippen molar-refractivity contribution >= 4 is 37.7 Å². The zero-order chi connectivity index (χ0) is 0. The van der Waals surface area contributed by atoms with Gasteiger partial charge in [0.2, 0.25) is 0 Å². The second-order valence-corrected chi connectivity index (χ2v) is 0. The van der Waals surface area contributed by atoms with E-state index < -0.39 is 0 Å². The molecule has 0 aliphatic heterocycles. The summed E-state index contributed by atoms with van der Waals surface area (Å²) in [6.07, 6.45) is 0. The van der Waals surface area contributed by atoms with Gasteiger partial charge in [-0.1, -0.05) is 0 Å². The molecule has 3 nitrogen and oxygen atoms in total. The molecule has 5 heavy (non-hydrogen) atoms. The van der Waals surface area contributed by atoms with Crippen molar-refractivity contribution in [1.82, 2.24) is 0 Å². The summed E-state index contributed by atoms with van der Waals surface area (Å²) in [4.78, 5) is 0.